The van der Waals surface area contributed by atoms with Crippen molar-refractivity contribution >= 4 is 11.8 Å². The predicted octanol–water partition coefficient (Wildman–Crippen LogP) is 0.315. The number of carboxylic acid groups (broad SMARTS) is 1. The fourth-order valence-corrected chi connectivity index (χ4v) is 1.86. The molecule has 2 heterocycles. The van der Waals surface area contributed by atoms with E-state index in [1.54, 1.807) is 6.07 Å². The molecule has 1 aromatic heterocycles. The number of nitrogens with zero attached hydrogens (tertiary/aromatic N) is 4. The van der Waals surface area contributed by atoms with Gasteiger partial charge in [0.15, 0.2) is 11.5 Å². The first kappa shape index (κ1) is 11.8. The second-order valence-electron chi connectivity index (χ2n) is 4.36. The van der Waals surface area contributed by atoms with Crippen molar-refractivity contribution in [2.45, 2.75) is 13.0 Å². The highest BCUT2D eigenvalue weighted by Gasteiger charge is 2.21. The molecule has 0 amide bonds. The van der Waals surface area contributed by atoms with Gasteiger partial charge in [-0.25, -0.2) is 4.79 Å². The van der Waals surface area contributed by atoms with Crippen LogP contribution in [0, 0.1) is 0 Å². The molecule has 6 heteroatoms. The number of carbonyl (C=O) groups is 1. The van der Waals surface area contributed by atoms with E-state index >= 15 is 0 Å². The molecule has 1 aliphatic rings. The molecule has 0 saturated carbocycles. The van der Waals surface area contributed by atoms with Crippen LogP contribution in [0.15, 0.2) is 12.1 Å². The molecule has 1 aromatic rings. The Bertz CT molecular complexity index is 406. The summed E-state index contributed by atoms with van der Waals surface area (Å²) in [6.45, 7) is 4.91. The highest BCUT2D eigenvalue weighted by molar-refractivity contribution is 5.85. The Hall–Kier alpha value is -1.69. The van der Waals surface area contributed by atoms with Gasteiger partial charge in [0.2, 0.25) is 0 Å². The van der Waals surface area contributed by atoms with Gasteiger partial charge in [-0.05, 0) is 26.1 Å². The third-order valence-electron chi connectivity index (χ3n) is 3.15. The quantitative estimate of drug-likeness (QED) is 0.797. The molecule has 1 N–H and O–H groups in total. The Morgan fingerprint density at radius 3 is 2.71 bits per heavy atom. The molecule has 6 nitrogen and oxygen atoms in total. The molecular weight excluding hydrogens is 220 g/mol. The van der Waals surface area contributed by atoms with E-state index in [0.717, 1.165) is 25.5 Å². The van der Waals surface area contributed by atoms with Crippen molar-refractivity contribution in [3.05, 3.63) is 17.8 Å². The molecule has 92 valence electrons. The van der Waals surface area contributed by atoms with Gasteiger partial charge in [-0.15, -0.1) is 10.2 Å². The smallest absolute Gasteiger partial charge is 0.356 e. The first-order valence-corrected chi connectivity index (χ1v) is 5.60. The molecule has 17 heavy (non-hydrogen) atoms. The number of rotatable bonds is 2. The van der Waals surface area contributed by atoms with Gasteiger partial charge < -0.3 is 14.9 Å². The summed E-state index contributed by atoms with van der Waals surface area (Å²) in [4.78, 5) is 15.1. The Morgan fingerprint density at radius 1 is 1.41 bits per heavy atom. The van der Waals surface area contributed by atoms with E-state index in [1.807, 2.05) is 0 Å². The van der Waals surface area contributed by atoms with Crippen LogP contribution in [-0.2, 0) is 0 Å². The van der Waals surface area contributed by atoms with Crippen LogP contribution in [0.5, 0.6) is 0 Å². The Kier molecular flexibility index (Phi) is 3.23. The summed E-state index contributed by atoms with van der Waals surface area (Å²) in [6.07, 6.45) is 0. The summed E-state index contributed by atoms with van der Waals surface area (Å²) < 4.78 is 0. The van der Waals surface area contributed by atoms with Gasteiger partial charge in [0.25, 0.3) is 0 Å². The lowest BCUT2D eigenvalue weighted by Crippen LogP contribution is -2.50. The highest BCUT2D eigenvalue weighted by Crippen LogP contribution is 2.15. The van der Waals surface area contributed by atoms with Gasteiger partial charge in [-0.1, -0.05) is 0 Å². The van der Waals surface area contributed by atoms with Crippen LogP contribution in [0.2, 0.25) is 0 Å². The lowest BCUT2D eigenvalue weighted by Gasteiger charge is -2.38. The third-order valence-corrected chi connectivity index (χ3v) is 3.15. The van der Waals surface area contributed by atoms with E-state index in [1.165, 1.54) is 6.07 Å². The second kappa shape index (κ2) is 4.67. The van der Waals surface area contributed by atoms with Gasteiger partial charge in [0.1, 0.15) is 0 Å². The predicted molar refractivity (Wildman–Crippen MR) is 63.3 cm³/mol. The van der Waals surface area contributed by atoms with Crippen LogP contribution < -0.4 is 4.90 Å². The standard InChI is InChI=1S/C11H16N4O2/c1-8-7-15(6-5-14(8)2)10-4-3-9(11(16)17)12-13-10/h3-4,8H,5-7H2,1-2H3,(H,16,17). The topological polar surface area (TPSA) is 69.6 Å². The van der Waals surface area contributed by atoms with Crippen molar-refractivity contribution in [2.24, 2.45) is 0 Å². The second-order valence-corrected chi connectivity index (χ2v) is 4.36. The third kappa shape index (κ3) is 2.52. The van der Waals surface area contributed by atoms with Gasteiger partial charge in [-0.2, -0.15) is 0 Å². The van der Waals surface area contributed by atoms with E-state index in [9.17, 15) is 4.79 Å². The molecule has 1 aliphatic heterocycles. The summed E-state index contributed by atoms with van der Waals surface area (Å²) >= 11 is 0. The van der Waals surface area contributed by atoms with E-state index in [2.05, 4.69) is 34.0 Å². The molecule has 0 radical (unpaired) electrons. The zero-order chi connectivity index (χ0) is 12.4. The number of piperazine rings is 1. The normalized spacial score (nSPS) is 21.5. The minimum absolute atomic E-state index is 0.0177. The van der Waals surface area contributed by atoms with Crippen molar-refractivity contribution in [1.82, 2.24) is 15.1 Å². The fourth-order valence-electron chi connectivity index (χ4n) is 1.86. The molecule has 1 saturated heterocycles. The first-order chi connectivity index (χ1) is 8.08. The summed E-state index contributed by atoms with van der Waals surface area (Å²) in [7, 11) is 2.10. The molecule has 0 bridgehead atoms. The van der Waals surface area contributed by atoms with Crippen molar-refractivity contribution in [2.75, 3.05) is 31.6 Å². The lowest BCUT2D eigenvalue weighted by molar-refractivity contribution is 0.0689. The number of hydrogen-bond donors (Lipinski definition) is 1. The van der Waals surface area contributed by atoms with E-state index in [0.29, 0.717) is 6.04 Å². The maximum atomic E-state index is 10.7. The first-order valence-electron chi connectivity index (χ1n) is 5.60. The SMILES string of the molecule is CC1CN(c2ccc(C(=O)O)nn2)CCN1C. The van der Waals surface area contributed by atoms with Gasteiger partial charge >= 0.3 is 5.97 Å². The molecule has 1 atom stereocenters. The largest absolute Gasteiger partial charge is 0.476 e. The fraction of sp³-hybridized carbons (Fsp3) is 0.545. The molecule has 0 aromatic carbocycles. The number of carboxylic acids is 1. The summed E-state index contributed by atoms with van der Waals surface area (Å²) in [5, 5.41) is 16.4. The van der Waals surface area contributed by atoms with Gasteiger partial charge in [-0.3, -0.25) is 0 Å². The monoisotopic (exact) mass is 236 g/mol. The maximum absolute atomic E-state index is 10.7. The van der Waals surface area contributed by atoms with Crippen molar-refractivity contribution in [1.29, 1.82) is 0 Å². The van der Waals surface area contributed by atoms with Crippen LogP contribution in [0.25, 0.3) is 0 Å². The molecule has 0 aliphatic carbocycles. The summed E-state index contributed by atoms with van der Waals surface area (Å²) in [5.74, 6) is -0.300. The molecule has 1 unspecified atom stereocenters. The van der Waals surface area contributed by atoms with Crippen molar-refractivity contribution < 1.29 is 9.90 Å². The van der Waals surface area contributed by atoms with Crippen LogP contribution in [0.4, 0.5) is 5.82 Å². The van der Waals surface area contributed by atoms with Crippen molar-refractivity contribution in [3.8, 4) is 0 Å². The zero-order valence-electron chi connectivity index (χ0n) is 10.00. The average Bonchev–Trinajstić information content (AvgIpc) is 2.33. The Morgan fingerprint density at radius 2 is 2.18 bits per heavy atom. The van der Waals surface area contributed by atoms with E-state index < -0.39 is 5.97 Å². The molecule has 1 fully saturated rings. The zero-order valence-corrected chi connectivity index (χ0v) is 10.00. The van der Waals surface area contributed by atoms with E-state index in [4.69, 9.17) is 5.11 Å². The van der Waals surface area contributed by atoms with Crippen LogP contribution in [-0.4, -0.2) is 58.9 Å². The summed E-state index contributed by atoms with van der Waals surface area (Å²) in [6, 6.07) is 3.67. The van der Waals surface area contributed by atoms with Gasteiger partial charge in [0.05, 0.1) is 0 Å². The van der Waals surface area contributed by atoms with Crippen LogP contribution in [0.1, 0.15) is 17.4 Å². The average molecular weight is 236 g/mol. The van der Waals surface area contributed by atoms with Gasteiger partial charge in [0, 0.05) is 25.7 Å². The minimum Gasteiger partial charge on any atom is -0.476 e. The van der Waals surface area contributed by atoms with E-state index in [-0.39, 0.29) is 5.69 Å². The molecule has 0 spiro atoms. The number of hydrogen-bond acceptors (Lipinski definition) is 5. The molecule has 2 rings (SSSR count). The number of likely N-dealkylation sites (N-methyl/N-ethyl adjacent to an activating group) is 1. The maximum Gasteiger partial charge on any atom is 0.356 e. The highest BCUT2D eigenvalue weighted by atomic mass is 16.4. The summed E-state index contributed by atoms with van der Waals surface area (Å²) in [5.41, 5.74) is -0.0177. The van der Waals surface area contributed by atoms with Crippen LogP contribution in [0.3, 0.4) is 0 Å². The number of aromatic nitrogens is 2. The lowest BCUT2D eigenvalue weighted by atomic mass is 10.2. The number of anilines is 1. The minimum atomic E-state index is -1.05. The Labute approximate surface area is 99.9 Å². The van der Waals surface area contributed by atoms with Crippen LogP contribution >= 0.6 is 0 Å². The molecular formula is C11H16N4O2. The Balaban J connectivity index is 2.10. The number of aromatic carboxylic acids is 1. The van der Waals surface area contributed by atoms with Crippen molar-refractivity contribution in [3.63, 3.8) is 0 Å².